The highest BCUT2D eigenvalue weighted by Gasteiger charge is 2.19. The Hall–Kier alpha value is -4.70. The second-order valence-corrected chi connectivity index (χ2v) is 10.8. The van der Waals surface area contributed by atoms with E-state index in [1.807, 2.05) is 32.0 Å². The molecule has 0 bridgehead atoms. The Morgan fingerprint density at radius 2 is 1.70 bits per heavy atom. The number of methoxy groups -OCH3 is 1. The Kier molecular flexibility index (Phi) is 10.2. The second-order valence-electron chi connectivity index (χ2n) is 10.8. The van der Waals surface area contributed by atoms with Gasteiger partial charge in [-0.25, -0.2) is 9.37 Å². The van der Waals surface area contributed by atoms with Crippen molar-refractivity contribution in [3.05, 3.63) is 89.4 Å². The predicted octanol–water partition coefficient (Wildman–Crippen LogP) is 7.28. The number of halogens is 1. The van der Waals surface area contributed by atoms with Crippen molar-refractivity contribution in [2.45, 2.75) is 39.5 Å². The Labute approximate surface area is 257 Å². The molecule has 3 aromatic carbocycles. The largest absolute Gasteiger partial charge is 0.497 e. The number of anilines is 3. The first-order chi connectivity index (χ1) is 21.4. The fourth-order valence-electron chi connectivity index (χ4n) is 5.09. The van der Waals surface area contributed by atoms with Crippen LogP contribution < -0.4 is 24.8 Å². The summed E-state index contributed by atoms with van der Waals surface area (Å²) < 4.78 is 31.9. The lowest BCUT2D eigenvalue weighted by Gasteiger charge is -2.26. The minimum Gasteiger partial charge on any atom is -0.497 e. The molecule has 1 saturated heterocycles. The number of likely N-dealkylation sites (tertiary alicyclic amines) is 1. The number of amides is 1. The topological polar surface area (TPSA) is 97.8 Å². The van der Waals surface area contributed by atoms with E-state index in [1.165, 1.54) is 31.5 Å². The molecule has 44 heavy (non-hydrogen) atoms. The van der Waals surface area contributed by atoms with Crippen molar-refractivity contribution in [2.75, 3.05) is 44.0 Å². The molecule has 0 spiro atoms. The molecule has 1 aromatic heterocycles. The van der Waals surface area contributed by atoms with E-state index in [0.29, 0.717) is 29.5 Å². The lowest BCUT2D eigenvalue weighted by Crippen LogP contribution is -2.31. The maximum atomic E-state index is 14.9. The van der Waals surface area contributed by atoms with E-state index >= 15 is 0 Å². The highest BCUT2D eigenvalue weighted by Crippen LogP contribution is 2.29. The van der Waals surface area contributed by atoms with Gasteiger partial charge < -0.3 is 29.7 Å². The van der Waals surface area contributed by atoms with Crippen LogP contribution in [-0.4, -0.2) is 54.1 Å². The molecule has 1 aliphatic rings. The van der Waals surface area contributed by atoms with E-state index in [0.717, 1.165) is 37.2 Å². The van der Waals surface area contributed by atoms with Crippen molar-refractivity contribution < 1.29 is 23.4 Å². The Morgan fingerprint density at radius 1 is 0.977 bits per heavy atom. The number of carbonyl (C=O) groups excluding carboxylic acids is 1. The summed E-state index contributed by atoms with van der Waals surface area (Å²) in [7, 11) is 1.58. The lowest BCUT2D eigenvalue weighted by atomic mass is 10.1. The molecule has 2 heterocycles. The van der Waals surface area contributed by atoms with Crippen LogP contribution >= 0.6 is 0 Å². The zero-order valence-corrected chi connectivity index (χ0v) is 25.4. The van der Waals surface area contributed by atoms with E-state index < -0.39 is 11.7 Å². The second kappa shape index (κ2) is 14.7. The monoisotopic (exact) mass is 599 g/mol. The van der Waals surface area contributed by atoms with Gasteiger partial charge in [0.25, 0.3) is 5.91 Å². The van der Waals surface area contributed by atoms with Crippen molar-refractivity contribution in [2.24, 2.45) is 0 Å². The fraction of sp³-hybridized carbons (Fsp3) is 0.324. The summed E-state index contributed by atoms with van der Waals surface area (Å²) in [5.74, 6) is 0.545. The fourth-order valence-corrected chi connectivity index (χ4v) is 5.09. The first kappa shape index (κ1) is 30.7. The third kappa shape index (κ3) is 8.02. The van der Waals surface area contributed by atoms with Gasteiger partial charge in [-0.05, 0) is 93.7 Å². The van der Waals surface area contributed by atoms with Gasteiger partial charge in [0.2, 0.25) is 11.8 Å². The summed E-state index contributed by atoms with van der Waals surface area (Å²) in [6, 6.07) is 17.3. The van der Waals surface area contributed by atoms with Gasteiger partial charge in [-0.3, -0.25) is 4.79 Å². The molecule has 2 N–H and O–H groups in total. The van der Waals surface area contributed by atoms with Gasteiger partial charge >= 0.3 is 0 Å². The number of carbonyl (C=O) groups is 1. The summed E-state index contributed by atoms with van der Waals surface area (Å²) in [5, 5.41) is 5.96. The van der Waals surface area contributed by atoms with Gasteiger partial charge in [0.15, 0.2) is 11.6 Å². The smallest absolute Gasteiger partial charge is 0.262 e. The maximum Gasteiger partial charge on any atom is 0.262 e. The molecule has 1 aliphatic heterocycles. The number of hydrogen-bond donors (Lipinski definition) is 2. The van der Waals surface area contributed by atoms with Crippen molar-refractivity contribution >= 4 is 23.2 Å². The molecule has 0 unspecified atom stereocenters. The van der Waals surface area contributed by atoms with E-state index in [9.17, 15) is 9.18 Å². The first-order valence-electron chi connectivity index (χ1n) is 14.9. The van der Waals surface area contributed by atoms with Crippen LogP contribution in [0.4, 0.5) is 21.7 Å². The van der Waals surface area contributed by atoms with Gasteiger partial charge in [-0.1, -0.05) is 24.6 Å². The first-order valence-corrected chi connectivity index (χ1v) is 14.9. The third-order valence-electron chi connectivity index (χ3n) is 7.50. The van der Waals surface area contributed by atoms with Crippen LogP contribution in [0.5, 0.6) is 23.1 Å². The van der Waals surface area contributed by atoms with Gasteiger partial charge in [0, 0.05) is 30.2 Å². The van der Waals surface area contributed by atoms with Crippen molar-refractivity contribution in [1.29, 1.82) is 0 Å². The molecule has 0 radical (unpaired) electrons. The number of nitrogens with one attached hydrogen (secondary N) is 2. The zero-order chi connectivity index (χ0) is 30.9. The molecule has 5 rings (SSSR count). The standard InChI is InChI=1S/C34H38FN5O4/c1-23-9-7-10-24(2)31(23)38-32(41)28-22-36-34(39-33(28)44-27-14-12-26(42-3)13-15-27)37-25-11-16-30(29(35)21-25)43-20-8-19-40-17-5-4-6-18-40/h7,9-16,21-22H,4-6,8,17-20H2,1-3H3,(H,38,41)(H,36,37,39). The van der Waals surface area contributed by atoms with Crippen molar-refractivity contribution in [3.8, 4) is 23.1 Å². The highest BCUT2D eigenvalue weighted by molar-refractivity contribution is 6.06. The number of nitrogens with zero attached hydrogens (tertiary/aromatic N) is 3. The molecule has 0 saturated carbocycles. The number of aryl methyl sites for hydroxylation is 2. The quantitative estimate of drug-likeness (QED) is 0.164. The van der Waals surface area contributed by atoms with Gasteiger partial charge in [-0.2, -0.15) is 4.98 Å². The van der Waals surface area contributed by atoms with Crippen LogP contribution in [-0.2, 0) is 0 Å². The van der Waals surface area contributed by atoms with Gasteiger partial charge in [0.05, 0.1) is 13.7 Å². The summed E-state index contributed by atoms with van der Waals surface area (Å²) >= 11 is 0. The minimum absolute atomic E-state index is 0.0329. The molecular formula is C34H38FN5O4. The molecule has 10 heteroatoms. The number of rotatable bonds is 12. The van der Waals surface area contributed by atoms with E-state index in [1.54, 1.807) is 43.5 Å². The summed E-state index contributed by atoms with van der Waals surface area (Å²) in [4.78, 5) is 24.6. The van der Waals surface area contributed by atoms with Crippen LogP contribution in [0, 0.1) is 19.7 Å². The number of para-hydroxylation sites is 1. The van der Waals surface area contributed by atoms with Gasteiger partial charge in [-0.15, -0.1) is 0 Å². The van der Waals surface area contributed by atoms with Crippen LogP contribution in [0.1, 0.15) is 47.2 Å². The van der Waals surface area contributed by atoms with Crippen LogP contribution in [0.25, 0.3) is 0 Å². The van der Waals surface area contributed by atoms with Crippen molar-refractivity contribution in [1.82, 2.24) is 14.9 Å². The summed E-state index contributed by atoms with van der Waals surface area (Å²) in [6.45, 7) is 7.50. The van der Waals surface area contributed by atoms with Gasteiger partial charge in [0.1, 0.15) is 17.1 Å². The average Bonchev–Trinajstić information content (AvgIpc) is 3.03. The molecular weight excluding hydrogens is 561 g/mol. The molecule has 1 amide bonds. The molecule has 4 aromatic rings. The van der Waals surface area contributed by atoms with E-state index in [2.05, 4.69) is 25.5 Å². The van der Waals surface area contributed by atoms with Crippen molar-refractivity contribution in [3.63, 3.8) is 0 Å². The number of ether oxygens (including phenoxy) is 3. The highest BCUT2D eigenvalue weighted by atomic mass is 19.1. The maximum absolute atomic E-state index is 14.9. The number of benzene rings is 3. The average molecular weight is 600 g/mol. The SMILES string of the molecule is COc1ccc(Oc2nc(Nc3ccc(OCCCN4CCCCC4)c(F)c3)ncc2C(=O)Nc2c(C)cccc2C)cc1. The molecule has 230 valence electrons. The number of hydrogen-bond acceptors (Lipinski definition) is 8. The Morgan fingerprint density at radius 3 is 2.41 bits per heavy atom. The molecule has 1 fully saturated rings. The van der Waals surface area contributed by atoms with Crippen LogP contribution in [0.15, 0.2) is 66.9 Å². The Bertz CT molecular complexity index is 1550. The zero-order valence-electron chi connectivity index (χ0n) is 25.4. The van der Waals surface area contributed by atoms with Crippen LogP contribution in [0.2, 0.25) is 0 Å². The van der Waals surface area contributed by atoms with E-state index in [-0.39, 0.29) is 23.1 Å². The third-order valence-corrected chi connectivity index (χ3v) is 7.50. The van der Waals surface area contributed by atoms with Crippen LogP contribution in [0.3, 0.4) is 0 Å². The normalized spacial score (nSPS) is 13.3. The summed E-state index contributed by atoms with van der Waals surface area (Å²) in [5.41, 5.74) is 3.11. The molecule has 0 aliphatic carbocycles. The molecule has 9 nitrogen and oxygen atoms in total. The summed E-state index contributed by atoms with van der Waals surface area (Å²) in [6.07, 6.45) is 6.01. The lowest BCUT2D eigenvalue weighted by molar-refractivity contribution is 0.102. The number of piperidine rings is 1. The Balaban J connectivity index is 1.30. The minimum atomic E-state index is -0.493. The van der Waals surface area contributed by atoms with E-state index in [4.69, 9.17) is 14.2 Å². The predicted molar refractivity (Wildman–Crippen MR) is 169 cm³/mol. The number of aromatic nitrogens is 2. The molecule has 0 atom stereocenters.